The fourth-order valence-corrected chi connectivity index (χ4v) is 4.22. The Morgan fingerprint density at radius 2 is 1.89 bits per heavy atom. The van der Waals surface area contributed by atoms with Gasteiger partial charge in [-0.25, -0.2) is 0 Å². The first-order chi connectivity index (χ1) is 8.92. The predicted octanol–water partition coefficient (Wildman–Crippen LogP) is 3.28. The van der Waals surface area contributed by atoms with E-state index in [-0.39, 0.29) is 0 Å². The Kier molecular flexibility index (Phi) is 2.49. The van der Waals surface area contributed by atoms with Gasteiger partial charge in [-0.15, -0.1) is 0 Å². The van der Waals surface area contributed by atoms with Crippen LogP contribution in [0.1, 0.15) is 31.2 Å². The summed E-state index contributed by atoms with van der Waals surface area (Å²) in [5, 5.41) is 3.55. The first-order valence-corrected chi connectivity index (χ1v) is 7.52. The Morgan fingerprint density at radius 1 is 1.06 bits per heavy atom. The lowest BCUT2D eigenvalue weighted by Gasteiger charge is -2.27. The van der Waals surface area contributed by atoms with E-state index in [1.807, 2.05) is 0 Å². The fraction of sp³-hybridized carbons (Fsp3) is 0.625. The Labute approximate surface area is 109 Å². The van der Waals surface area contributed by atoms with Crippen molar-refractivity contribution in [2.75, 3.05) is 29.9 Å². The van der Waals surface area contributed by atoms with E-state index in [0.29, 0.717) is 0 Å². The molecular weight excluding hydrogens is 220 g/mol. The molecule has 96 valence electrons. The number of fused-ring (bicyclic) bond motifs is 2. The van der Waals surface area contributed by atoms with E-state index in [2.05, 4.69) is 28.4 Å². The predicted molar refractivity (Wildman–Crippen MR) is 76.3 cm³/mol. The lowest BCUT2D eigenvalue weighted by atomic mass is 10.0. The molecule has 1 N–H and O–H groups in total. The highest BCUT2D eigenvalue weighted by Gasteiger charge is 2.36. The summed E-state index contributed by atoms with van der Waals surface area (Å²) in [6.07, 6.45) is 6.94. The minimum absolute atomic E-state index is 0.984. The van der Waals surface area contributed by atoms with Gasteiger partial charge in [0.25, 0.3) is 0 Å². The lowest BCUT2D eigenvalue weighted by Crippen LogP contribution is -2.24. The standard InChI is InChI=1S/C16H22N2/c1-4-12-10-18(11-13(12)5-1)16-8-2-7-15-14(16)6-3-9-17-15/h2,7-8,12-13,17H,1,3-6,9-11H2. The van der Waals surface area contributed by atoms with Crippen LogP contribution in [0.15, 0.2) is 18.2 Å². The van der Waals surface area contributed by atoms with Crippen LogP contribution in [0, 0.1) is 11.8 Å². The third-order valence-electron chi connectivity index (χ3n) is 5.14. The van der Waals surface area contributed by atoms with E-state index < -0.39 is 0 Å². The third kappa shape index (κ3) is 1.62. The Bertz CT molecular complexity index is 442. The highest BCUT2D eigenvalue weighted by Crippen LogP contribution is 2.41. The molecule has 0 aromatic heterocycles. The Balaban J connectivity index is 1.65. The summed E-state index contributed by atoms with van der Waals surface area (Å²) >= 11 is 0. The van der Waals surface area contributed by atoms with Crippen molar-refractivity contribution in [3.05, 3.63) is 23.8 Å². The average Bonchev–Trinajstić information content (AvgIpc) is 2.99. The molecule has 2 nitrogen and oxygen atoms in total. The molecule has 1 saturated heterocycles. The summed E-state index contributed by atoms with van der Waals surface area (Å²) in [5.74, 6) is 1.97. The smallest absolute Gasteiger partial charge is 0.0419 e. The summed E-state index contributed by atoms with van der Waals surface area (Å²) in [6.45, 7) is 3.75. The molecule has 3 aliphatic rings. The number of rotatable bonds is 1. The van der Waals surface area contributed by atoms with Crippen LogP contribution in [0.25, 0.3) is 0 Å². The van der Waals surface area contributed by atoms with Gasteiger partial charge in [0.15, 0.2) is 0 Å². The van der Waals surface area contributed by atoms with E-state index in [4.69, 9.17) is 0 Å². The highest BCUT2D eigenvalue weighted by molar-refractivity contribution is 5.68. The van der Waals surface area contributed by atoms with Crippen molar-refractivity contribution in [3.63, 3.8) is 0 Å². The first kappa shape index (κ1) is 10.7. The fourth-order valence-electron chi connectivity index (χ4n) is 4.22. The van der Waals surface area contributed by atoms with Gasteiger partial charge in [0.05, 0.1) is 0 Å². The average molecular weight is 242 g/mol. The normalized spacial score (nSPS) is 29.9. The monoisotopic (exact) mass is 242 g/mol. The molecule has 0 amide bonds. The lowest BCUT2D eigenvalue weighted by molar-refractivity contribution is 0.494. The number of nitrogens with zero attached hydrogens (tertiary/aromatic N) is 1. The summed E-state index contributed by atoms with van der Waals surface area (Å²) in [6, 6.07) is 6.81. The van der Waals surface area contributed by atoms with Crippen LogP contribution in [0.3, 0.4) is 0 Å². The molecule has 1 aromatic carbocycles. The number of nitrogens with one attached hydrogen (secondary N) is 1. The van der Waals surface area contributed by atoms with Crippen molar-refractivity contribution < 1.29 is 0 Å². The van der Waals surface area contributed by atoms with Gasteiger partial charge < -0.3 is 10.2 Å². The molecule has 2 atom stereocenters. The van der Waals surface area contributed by atoms with Crippen molar-refractivity contribution in [1.82, 2.24) is 0 Å². The van der Waals surface area contributed by atoms with E-state index in [0.717, 1.165) is 18.4 Å². The second kappa shape index (κ2) is 4.18. The van der Waals surface area contributed by atoms with Gasteiger partial charge in [-0.3, -0.25) is 0 Å². The van der Waals surface area contributed by atoms with E-state index in [1.165, 1.54) is 56.6 Å². The Hall–Kier alpha value is -1.18. The SMILES string of the molecule is c1cc2c(c(N3CC4CCCC4C3)c1)CCCN2. The molecule has 2 heteroatoms. The maximum absolute atomic E-state index is 3.55. The van der Waals surface area contributed by atoms with Gasteiger partial charge in [-0.05, 0) is 55.2 Å². The van der Waals surface area contributed by atoms with Crippen molar-refractivity contribution in [2.24, 2.45) is 11.8 Å². The zero-order chi connectivity index (χ0) is 11.9. The quantitative estimate of drug-likeness (QED) is 0.813. The van der Waals surface area contributed by atoms with Crippen LogP contribution < -0.4 is 10.2 Å². The van der Waals surface area contributed by atoms with Crippen LogP contribution in [-0.4, -0.2) is 19.6 Å². The second-order valence-corrected chi connectivity index (χ2v) is 6.19. The van der Waals surface area contributed by atoms with Gasteiger partial charge in [0.2, 0.25) is 0 Å². The molecule has 2 aliphatic heterocycles. The summed E-state index contributed by atoms with van der Waals surface area (Å²) in [5.41, 5.74) is 4.48. The number of anilines is 2. The van der Waals surface area contributed by atoms with Gasteiger partial charge in [0, 0.05) is 31.0 Å². The van der Waals surface area contributed by atoms with E-state index in [9.17, 15) is 0 Å². The van der Waals surface area contributed by atoms with Crippen LogP contribution in [-0.2, 0) is 6.42 Å². The minimum atomic E-state index is 0.984. The molecule has 1 saturated carbocycles. The maximum atomic E-state index is 3.55. The van der Waals surface area contributed by atoms with Crippen LogP contribution >= 0.6 is 0 Å². The van der Waals surface area contributed by atoms with Crippen molar-refractivity contribution in [2.45, 2.75) is 32.1 Å². The van der Waals surface area contributed by atoms with Crippen molar-refractivity contribution >= 4 is 11.4 Å². The highest BCUT2D eigenvalue weighted by atomic mass is 15.2. The molecular formula is C16H22N2. The van der Waals surface area contributed by atoms with Crippen molar-refractivity contribution in [1.29, 1.82) is 0 Å². The molecule has 0 spiro atoms. The van der Waals surface area contributed by atoms with Crippen LogP contribution in [0.5, 0.6) is 0 Å². The molecule has 2 fully saturated rings. The summed E-state index contributed by atoms with van der Waals surface area (Å²) < 4.78 is 0. The third-order valence-corrected chi connectivity index (χ3v) is 5.14. The number of hydrogen-bond acceptors (Lipinski definition) is 2. The van der Waals surface area contributed by atoms with Crippen LogP contribution in [0.2, 0.25) is 0 Å². The molecule has 18 heavy (non-hydrogen) atoms. The Morgan fingerprint density at radius 3 is 2.72 bits per heavy atom. The molecule has 2 heterocycles. The maximum Gasteiger partial charge on any atom is 0.0419 e. The minimum Gasteiger partial charge on any atom is -0.385 e. The van der Waals surface area contributed by atoms with E-state index >= 15 is 0 Å². The number of benzene rings is 1. The molecule has 0 bridgehead atoms. The largest absolute Gasteiger partial charge is 0.385 e. The number of hydrogen-bond donors (Lipinski definition) is 1. The molecule has 2 unspecified atom stereocenters. The van der Waals surface area contributed by atoms with Crippen LogP contribution in [0.4, 0.5) is 11.4 Å². The first-order valence-electron chi connectivity index (χ1n) is 7.52. The second-order valence-electron chi connectivity index (χ2n) is 6.19. The molecule has 1 aliphatic carbocycles. The summed E-state index contributed by atoms with van der Waals surface area (Å²) in [7, 11) is 0. The zero-order valence-electron chi connectivity index (χ0n) is 11.0. The zero-order valence-corrected chi connectivity index (χ0v) is 11.0. The molecule has 0 radical (unpaired) electrons. The van der Waals surface area contributed by atoms with Gasteiger partial charge in [0.1, 0.15) is 0 Å². The van der Waals surface area contributed by atoms with E-state index in [1.54, 1.807) is 5.56 Å². The molecule has 1 aromatic rings. The van der Waals surface area contributed by atoms with Gasteiger partial charge in [-0.2, -0.15) is 0 Å². The topological polar surface area (TPSA) is 15.3 Å². The van der Waals surface area contributed by atoms with Crippen molar-refractivity contribution in [3.8, 4) is 0 Å². The summed E-state index contributed by atoms with van der Waals surface area (Å²) in [4.78, 5) is 2.67. The van der Waals surface area contributed by atoms with Gasteiger partial charge >= 0.3 is 0 Å². The molecule has 4 rings (SSSR count). The van der Waals surface area contributed by atoms with Gasteiger partial charge in [-0.1, -0.05) is 12.5 Å².